The Hall–Kier alpha value is -4.31. The summed E-state index contributed by atoms with van der Waals surface area (Å²) in [5.74, 6) is 1.62. The summed E-state index contributed by atoms with van der Waals surface area (Å²) in [6.45, 7) is 0.568. The van der Waals surface area contributed by atoms with Gasteiger partial charge in [0.25, 0.3) is 0 Å². The van der Waals surface area contributed by atoms with Crippen molar-refractivity contribution in [1.82, 2.24) is 25.1 Å². The Kier molecular flexibility index (Phi) is 5.78. The van der Waals surface area contributed by atoms with Crippen LogP contribution in [0.3, 0.4) is 0 Å². The van der Waals surface area contributed by atoms with E-state index in [4.69, 9.17) is 9.47 Å². The summed E-state index contributed by atoms with van der Waals surface area (Å²) in [6, 6.07) is 19.6. The van der Waals surface area contributed by atoms with Gasteiger partial charge in [-0.1, -0.05) is 36.0 Å². The second kappa shape index (κ2) is 9.38. The number of carbonyl (C=O) groups excluding carboxylic acids is 1. The smallest absolute Gasteiger partial charge is 0.231 e. The van der Waals surface area contributed by atoms with Crippen LogP contribution in [0.2, 0.25) is 0 Å². The fourth-order valence-electron chi connectivity index (χ4n) is 4.05. The van der Waals surface area contributed by atoms with E-state index in [1.165, 1.54) is 23.9 Å². The molecular weight excluding hydrogens is 481 g/mol. The molecule has 0 saturated carbocycles. The van der Waals surface area contributed by atoms with Crippen molar-refractivity contribution in [3.8, 4) is 28.6 Å². The minimum absolute atomic E-state index is 0.137. The average molecular weight is 502 g/mol. The van der Waals surface area contributed by atoms with Gasteiger partial charge in [0, 0.05) is 34.9 Å². The molecule has 1 aliphatic heterocycles. The molecule has 0 aliphatic carbocycles. The Morgan fingerprint density at radius 2 is 1.89 bits per heavy atom. The van der Waals surface area contributed by atoms with Gasteiger partial charge in [0.2, 0.25) is 12.7 Å². The minimum atomic E-state index is -0.336. The van der Waals surface area contributed by atoms with E-state index in [2.05, 4.69) is 20.5 Å². The quantitative estimate of drug-likeness (QED) is 0.314. The number of hydrogen-bond donors (Lipinski definition) is 2. The minimum Gasteiger partial charge on any atom is -0.454 e. The third-order valence-electron chi connectivity index (χ3n) is 5.81. The van der Waals surface area contributed by atoms with Gasteiger partial charge in [-0.05, 0) is 48.0 Å². The molecule has 36 heavy (non-hydrogen) atoms. The topological polar surface area (TPSA) is 94.1 Å². The number of para-hydroxylation sites is 1. The molecule has 0 radical (unpaired) electrons. The van der Waals surface area contributed by atoms with Crippen molar-refractivity contribution >= 4 is 28.6 Å². The Bertz CT molecular complexity index is 1560. The molecule has 0 bridgehead atoms. The van der Waals surface area contributed by atoms with Gasteiger partial charge in [-0.25, -0.2) is 4.39 Å². The van der Waals surface area contributed by atoms with Crippen molar-refractivity contribution in [3.63, 3.8) is 0 Å². The lowest BCUT2D eigenvalue weighted by atomic mass is 10.1. The molecule has 5 aromatic rings. The van der Waals surface area contributed by atoms with Crippen LogP contribution in [-0.4, -0.2) is 38.2 Å². The number of rotatable bonds is 7. The summed E-state index contributed by atoms with van der Waals surface area (Å²) in [4.78, 5) is 15.9. The number of halogens is 1. The number of aromatic amines is 1. The number of carbonyl (C=O) groups is 1. The molecule has 0 unspecified atom stereocenters. The van der Waals surface area contributed by atoms with Crippen molar-refractivity contribution < 1.29 is 18.7 Å². The van der Waals surface area contributed by atoms with Gasteiger partial charge in [0.1, 0.15) is 5.82 Å². The van der Waals surface area contributed by atoms with Gasteiger partial charge in [-0.3, -0.25) is 9.36 Å². The van der Waals surface area contributed by atoms with E-state index in [0.29, 0.717) is 34.7 Å². The third-order valence-corrected chi connectivity index (χ3v) is 6.74. The van der Waals surface area contributed by atoms with Crippen LogP contribution >= 0.6 is 11.8 Å². The van der Waals surface area contributed by atoms with Crippen LogP contribution in [-0.2, 0) is 11.3 Å². The second-order valence-corrected chi connectivity index (χ2v) is 9.06. The van der Waals surface area contributed by atoms with E-state index in [1.54, 1.807) is 12.1 Å². The molecule has 6 rings (SSSR count). The predicted molar refractivity (Wildman–Crippen MR) is 134 cm³/mol. The van der Waals surface area contributed by atoms with Crippen LogP contribution < -0.4 is 14.8 Å². The van der Waals surface area contributed by atoms with Crippen molar-refractivity contribution in [2.24, 2.45) is 0 Å². The highest BCUT2D eigenvalue weighted by Crippen LogP contribution is 2.33. The molecule has 2 N–H and O–H groups in total. The highest BCUT2D eigenvalue weighted by atomic mass is 32.2. The van der Waals surface area contributed by atoms with Crippen molar-refractivity contribution in [1.29, 1.82) is 0 Å². The first-order chi connectivity index (χ1) is 17.7. The van der Waals surface area contributed by atoms with Crippen LogP contribution in [0.5, 0.6) is 11.5 Å². The van der Waals surface area contributed by atoms with Gasteiger partial charge < -0.3 is 19.8 Å². The molecule has 10 heteroatoms. The van der Waals surface area contributed by atoms with Crippen LogP contribution in [0.15, 0.2) is 78.1 Å². The first-order valence-corrected chi connectivity index (χ1v) is 12.2. The van der Waals surface area contributed by atoms with Crippen molar-refractivity contribution in [2.45, 2.75) is 11.7 Å². The maximum absolute atomic E-state index is 13.6. The number of fused-ring (bicyclic) bond motifs is 2. The molecule has 0 saturated heterocycles. The molecule has 2 aromatic heterocycles. The van der Waals surface area contributed by atoms with Crippen LogP contribution in [0.1, 0.15) is 5.56 Å². The van der Waals surface area contributed by atoms with Gasteiger partial charge in [0.05, 0.1) is 5.75 Å². The number of aromatic nitrogens is 4. The summed E-state index contributed by atoms with van der Waals surface area (Å²) in [5, 5.41) is 13.2. The van der Waals surface area contributed by atoms with E-state index >= 15 is 0 Å². The van der Waals surface area contributed by atoms with E-state index in [-0.39, 0.29) is 24.3 Å². The molecule has 1 amide bonds. The first-order valence-electron chi connectivity index (χ1n) is 11.2. The Morgan fingerprint density at radius 3 is 2.78 bits per heavy atom. The van der Waals surface area contributed by atoms with Crippen LogP contribution in [0, 0.1) is 5.82 Å². The van der Waals surface area contributed by atoms with E-state index in [1.807, 2.05) is 53.2 Å². The van der Waals surface area contributed by atoms with E-state index in [0.717, 1.165) is 22.0 Å². The second-order valence-electron chi connectivity index (χ2n) is 8.12. The number of amides is 1. The number of thioether (sulfide) groups is 1. The lowest BCUT2D eigenvalue weighted by Crippen LogP contribution is -2.24. The highest BCUT2D eigenvalue weighted by molar-refractivity contribution is 7.99. The summed E-state index contributed by atoms with van der Waals surface area (Å²) in [7, 11) is 0. The summed E-state index contributed by atoms with van der Waals surface area (Å²) in [5.41, 5.74) is 3.44. The van der Waals surface area contributed by atoms with Gasteiger partial charge in [-0.15, -0.1) is 10.2 Å². The lowest BCUT2D eigenvalue weighted by Gasteiger charge is -2.10. The fourth-order valence-corrected chi connectivity index (χ4v) is 4.83. The maximum Gasteiger partial charge on any atom is 0.231 e. The SMILES string of the molecule is O=C(CSc1nnc(-c2c[nH]c3ccccc23)n1-c1ccc(F)cc1)NCc1ccc2c(c1)OCO2. The Labute approximate surface area is 209 Å². The average Bonchev–Trinajstić information content (AvgIpc) is 3.64. The number of benzene rings is 3. The zero-order chi connectivity index (χ0) is 24.5. The predicted octanol–water partition coefficient (Wildman–Crippen LogP) is 4.69. The van der Waals surface area contributed by atoms with Crippen molar-refractivity contribution in [2.75, 3.05) is 12.5 Å². The number of nitrogens with one attached hydrogen (secondary N) is 2. The standard InChI is InChI=1S/C26H20FN5O3S/c27-17-6-8-18(9-7-17)32-25(20-13-28-21-4-2-1-3-19(20)21)30-31-26(32)36-14-24(33)29-12-16-5-10-22-23(11-16)35-15-34-22/h1-11,13,28H,12,14-15H2,(H,29,33). The van der Waals surface area contributed by atoms with Crippen molar-refractivity contribution in [3.05, 3.63) is 84.3 Å². The first kappa shape index (κ1) is 22.2. The molecule has 8 nitrogen and oxygen atoms in total. The van der Waals surface area contributed by atoms with Gasteiger partial charge in [-0.2, -0.15) is 0 Å². The van der Waals surface area contributed by atoms with Crippen LogP contribution in [0.4, 0.5) is 4.39 Å². The molecule has 3 aromatic carbocycles. The van der Waals surface area contributed by atoms with Crippen LogP contribution in [0.25, 0.3) is 28.0 Å². The highest BCUT2D eigenvalue weighted by Gasteiger charge is 2.20. The van der Waals surface area contributed by atoms with Gasteiger partial charge in [0.15, 0.2) is 22.5 Å². The summed E-state index contributed by atoms with van der Waals surface area (Å²) in [6.07, 6.45) is 1.88. The molecule has 3 heterocycles. The lowest BCUT2D eigenvalue weighted by molar-refractivity contribution is -0.118. The number of ether oxygens (including phenoxy) is 2. The molecule has 0 atom stereocenters. The molecule has 1 aliphatic rings. The Balaban J connectivity index is 1.23. The maximum atomic E-state index is 13.6. The van der Waals surface area contributed by atoms with Gasteiger partial charge >= 0.3 is 0 Å². The summed E-state index contributed by atoms with van der Waals surface area (Å²) < 4.78 is 26.2. The zero-order valence-corrected chi connectivity index (χ0v) is 19.7. The molecular formula is C26H20FN5O3S. The third kappa shape index (κ3) is 4.27. The number of hydrogen-bond acceptors (Lipinski definition) is 6. The normalized spacial score (nSPS) is 12.2. The zero-order valence-electron chi connectivity index (χ0n) is 18.9. The molecule has 0 fully saturated rings. The van der Waals surface area contributed by atoms with E-state index < -0.39 is 0 Å². The molecule has 180 valence electrons. The summed E-state index contributed by atoms with van der Waals surface area (Å²) >= 11 is 1.26. The number of H-pyrrole nitrogens is 1. The number of nitrogens with zero attached hydrogens (tertiary/aromatic N) is 3. The molecule has 0 spiro atoms. The largest absolute Gasteiger partial charge is 0.454 e. The fraction of sp³-hybridized carbons (Fsp3) is 0.115. The van der Waals surface area contributed by atoms with E-state index in [9.17, 15) is 9.18 Å². The monoisotopic (exact) mass is 501 g/mol. The Morgan fingerprint density at radius 1 is 1.06 bits per heavy atom.